The zero-order valence-corrected chi connectivity index (χ0v) is 48.0. The van der Waals surface area contributed by atoms with E-state index in [1.54, 1.807) is 0 Å². The summed E-state index contributed by atoms with van der Waals surface area (Å²) in [5.41, 5.74) is 6.35. The molecule has 1 aromatic rings. The van der Waals surface area contributed by atoms with Crippen molar-refractivity contribution in [2.75, 3.05) is 0 Å². The zero-order valence-electron chi connectivity index (χ0n) is 48.0. The van der Waals surface area contributed by atoms with Gasteiger partial charge in [0.2, 0.25) is 0 Å². The Hall–Kier alpha value is -0.780. The molecule has 0 aliphatic carbocycles. The van der Waals surface area contributed by atoms with E-state index in [-0.39, 0.29) is 81.2 Å². The molecule has 0 nitrogen and oxygen atoms in total. The largest absolute Gasteiger partial charge is 0.0602 e. The molecule has 0 amide bonds. The Morgan fingerprint density at radius 2 is 0.333 bits per heavy atom. The van der Waals surface area contributed by atoms with Crippen molar-refractivity contribution in [2.45, 2.75) is 283 Å². The van der Waals surface area contributed by atoms with Gasteiger partial charge in [-0.05, 0) is 136 Å². The van der Waals surface area contributed by atoms with Crippen molar-refractivity contribution in [1.29, 1.82) is 0 Å². The van der Waals surface area contributed by atoms with Gasteiger partial charge in [0.05, 0.1) is 0 Å². The molecule has 0 saturated carbocycles. The lowest BCUT2D eigenvalue weighted by Gasteiger charge is -2.55. The first-order valence-electron chi connectivity index (χ1n) is 24.7. The van der Waals surface area contributed by atoms with E-state index >= 15 is 0 Å². The number of benzene rings is 1. The maximum atomic E-state index is 2.69. The van der Waals surface area contributed by atoms with Gasteiger partial charge in [-0.15, -0.1) is 0 Å². The number of hydrogen-bond donors (Lipinski definition) is 0. The minimum atomic E-state index is -0.0742. The predicted molar refractivity (Wildman–Crippen MR) is 276 cm³/mol. The van der Waals surface area contributed by atoms with Gasteiger partial charge in [0, 0.05) is 0 Å². The molecule has 0 spiro atoms. The molecule has 1 rings (SSSR count). The van der Waals surface area contributed by atoms with Crippen molar-refractivity contribution in [3.05, 3.63) is 34.9 Å². The molecule has 0 fully saturated rings. The molecule has 0 heterocycles. The predicted octanol–water partition coefficient (Wildman–Crippen LogP) is 20.2. The summed E-state index contributed by atoms with van der Waals surface area (Å²) in [6.45, 7) is 83.2. The Morgan fingerprint density at radius 1 is 0.200 bits per heavy atom. The molecule has 0 bridgehead atoms. The van der Waals surface area contributed by atoms with Crippen LogP contribution in [0.5, 0.6) is 0 Å². The van der Waals surface area contributed by atoms with E-state index in [0.29, 0.717) is 0 Å². The molecule has 60 heavy (non-hydrogen) atoms. The fraction of sp³-hybridized carbons (Fsp3) is 0.900. The molecule has 0 aliphatic heterocycles. The van der Waals surface area contributed by atoms with Crippen molar-refractivity contribution in [3.63, 3.8) is 0 Å². The van der Waals surface area contributed by atoms with Crippen LogP contribution in [0.25, 0.3) is 0 Å². The first kappa shape index (κ1) is 57.2. The van der Waals surface area contributed by atoms with E-state index in [0.717, 1.165) is 19.3 Å². The molecule has 1 aromatic carbocycles. The third-order valence-corrected chi connectivity index (χ3v) is 19.2. The minimum absolute atomic E-state index is 0.0405. The third kappa shape index (κ3) is 12.7. The second-order valence-corrected chi connectivity index (χ2v) is 32.4. The van der Waals surface area contributed by atoms with Crippen LogP contribution in [0.2, 0.25) is 0 Å². The van der Waals surface area contributed by atoms with Crippen LogP contribution in [0, 0.1) is 65.0 Å². The van der Waals surface area contributed by atoms with Crippen molar-refractivity contribution < 1.29 is 0 Å². The Kier molecular flexibility index (Phi) is 15.8. The highest BCUT2D eigenvalue weighted by atomic mass is 14.6. The SMILES string of the molecule is CC(C)(C)CC(C)(C)C(C)(C)CC(C)(C)C(C)(C)c1cc(C(C)(C)C(C)(C)CC(C)(C)C(C)(C)CC(C)(C)C)cc(C(C)(C)C(C)(C)CC(C)(C)C(C)(C)CC(C)(C)C)c1. The second kappa shape index (κ2) is 16.6. The topological polar surface area (TPSA) is 0 Å². The van der Waals surface area contributed by atoms with Crippen LogP contribution in [0.3, 0.4) is 0 Å². The van der Waals surface area contributed by atoms with Crippen LogP contribution < -0.4 is 0 Å². The molecular weight excluding hydrogens is 721 g/mol. The van der Waals surface area contributed by atoms with E-state index in [1.807, 2.05) is 0 Å². The second-order valence-electron chi connectivity index (χ2n) is 32.4. The van der Waals surface area contributed by atoms with Gasteiger partial charge < -0.3 is 0 Å². The number of hydrogen-bond acceptors (Lipinski definition) is 0. The molecule has 0 unspecified atom stereocenters. The molecule has 0 heteroatoms. The van der Waals surface area contributed by atoms with Crippen molar-refractivity contribution >= 4 is 0 Å². The monoisotopic (exact) mass is 835 g/mol. The van der Waals surface area contributed by atoms with E-state index in [9.17, 15) is 0 Å². The van der Waals surface area contributed by atoms with Crippen LogP contribution in [0.4, 0.5) is 0 Å². The lowest BCUT2D eigenvalue weighted by molar-refractivity contribution is -0.00445. The third-order valence-electron chi connectivity index (χ3n) is 19.2. The summed E-state index contributed by atoms with van der Waals surface area (Å²) in [6.07, 6.45) is 7.11. The van der Waals surface area contributed by atoms with Crippen LogP contribution >= 0.6 is 0 Å². The summed E-state index contributed by atoms with van der Waals surface area (Å²) in [5.74, 6) is 0. The van der Waals surface area contributed by atoms with Crippen molar-refractivity contribution in [3.8, 4) is 0 Å². The fourth-order valence-corrected chi connectivity index (χ4v) is 12.3. The lowest BCUT2D eigenvalue weighted by Crippen LogP contribution is -2.47. The Balaban J connectivity index is 4.27. The molecule has 0 saturated heterocycles. The summed E-state index contributed by atoms with van der Waals surface area (Å²) in [4.78, 5) is 0. The highest BCUT2D eigenvalue weighted by Gasteiger charge is 2.52. The van der Waals surface area contributed by atoms with Gasteiger partial charge in [0.25, 0.3) is 0 Å². The molecular formula is C60H114. The summed E-state index contributed by atoms with van der Waals surface area (Å²) in [5, 5.41) is 0. The van der Waals surface area contributed by atoms with Crippen LogP contribution in [-0.4, -0.2) is 0 Å². The Labute approximate surface area is 381 Å². The van der Waals surface area contributed by atoms with Crippen molar-refractivity contribution in [1.82, 2.24) is 0 Å². The molecule has 354 valence electrons. The lowest BCUT2D eigenvalue weighted by atomic mass is 9.50. The molecule has 0 aliphatic rings. The van der Waals surface area contributed by atoms with Gasteiger partial charge in [0.15, 0.2) is 0 Å². The van der Waals surface area contributed by atoms with Crippen LogP contribution in [0.15, 0.2) is 18.2 Å². The summed E-state index contributed by atoms with van der Waals surface area (Å²) >= 11 is 0. The minimum Gasteiger partial charge on any atom is -0.0602 e. The molecule has 0 radical (unpaired) electrons. The van der Waals surface area contributed by atoms with Crippen LogP contribution in [0.1, 0.15) is 284 Å². The summed E-state index contributed by atoms with van der Waals surface area (Å²) < 4.78 is 0. The first-order valence-corrected chi connectivity index (χ1v) is 24.7. The molecule has 0 N–H and O–H groups in total. The van der Waals surface area contributed by atoms with E-state index in [2.05, 4.69) is 247 Å². The normalized spacial score (nSPS) is 16.1. The zero-order chi connectivity index (χ0) is 48.6. The fourth-order valence-electron chi connectivity index (χ4n) is 12.3. The standard InChI is InChI=1S/C60H114/c1-46(2,3)37-49(10,11)52(16,17)40-55(22,23)58(28,29)43-34-44(59(30,31)56(24,25)41-53(18,19)50(12,13)38-47(4,5)6)36-45(35-43)60(32,33)57(26,27)42-54(20,21)51(14,15)39-48(7,8)9/h34-36H,37-42H2,1-33H3. The highest BCUT2D eigenvalue weighted by Crippen LogP contribution is 2.61. The van der Waals surface area contributed by atoms with Gasteiger partial charge in [0.1, 0.15) is 0 Å². The smallest absolute Gasteiger partial charge is 0.00520 e. The average Bonchev–Trinajstić information content (AvgIpc) is 2.90. The van der Waals surface area contributed by atoms with Crippen molar-refractivity contribution in [2.24, 2.45) is 65.0 Å². The van der Waals surface area contributed by atoms with Gasteiger partial charge in [-0.2, -0.15) is 0 Å². The van der Waals surface area contributed by atoms with Gasteiger partial charge >= 0.3 is 0 Å². The van der Waals surface area contributed by atoms with Gasteiger partial charge in [-0.1, -0.05) is 247 Å². The first-order chi connectivity index (χ1) is 25.6. The quantitative estimate of drug-likeness (QED) is 0.138. The maximum absolute atomic E-state index is 2.69. The maximum Gasteiger partial charge on any atom is -0.00520 e. The molecule has 0 atom stereocenters. The number of rotatable bonds is 18. The van der Waals surface area contributed by atoms with Crippen LogP contribution in [-0.2, 0) is 16.2 Å². The Morgan fingerprint density at radius 3 is 0.467 bits per heavy atom. The van der Waals surface area contributed by atoms with E-state index in [1.165, 1.54) is 36.0 Å². The summed E-state index contributed by atoms with van der Waals surface area (Å²) in [6, 6.07) is 8.06. The average molecular weight is 836 g/mol. The highest BCUT2D eigenvalue weighted by molar-refractivity contribution is 5.43. The molecule has 0 aromatic heterocycles. The Bertz CT molecular complexity index is 1370. The van der Waals surface area contributed by atoms with E-state index in [4.69, 9.17) is 0 Å². The summed E-state index contributed by atoms with van der Waals surface area (Å²) in [7, 11) is 0. The van der Waals surface area contributed by atoms with E-state index < -0.39 is 0 Å². The van der Waals surface area contributed by atoms with Gasteiger partial charge in [-0.3, -0.25) is 0 Å². The van der Waals surface area contributed by atoms with Gasteiger partial charge in [-0.25, -0.2) is 0 Å².